The van der Waals surface area contributed by atoms with Crippen molar-refractivity contribution in [2.45, 2.75) is 19.4 Å². The van der Waals surface area contributed by atoms with Crippen molar-refractivity contribution in [2.75, 3.05) is 13.7 Å². The second kappa shape index (κ2) is 9.14. The molecule has 6 heteroatoms. The SMILES string of the molecule is COC(=O)C1(CC2COc3ccc(OCc4ccc5ccccc5n4)cc3C2=O)C=CC=CC1. The highest BCUT2D eigenvalue weighted by atomic mass is 16.5. The quantitative estimate of drug-likeness (QED) is 0.483. The largest absolute Gasteiger partial charge is 0.492 e. The lowest BCUT2D eigenvalue weighted by Gasteiger charge is -2.33. The van der Waals surface area contributed by atoms with Crippen molar-refractivity contribution >= 4 is 22.7 Å². The van der Waals surface area contributed by atoms with Crippen LogP contribution in [0.25, 0.3) is 10.9 Å². The number of ether oxygens (including phenoxy) is 3. The zero-order valence-electron chi connectivity index (χ0n) is 18.9. The Labute approximate surface area is 197 Å². The van der Waals surface area contributed by atoms with E-state index < -0.39 is 11.3 Å². The number of allylic oxidation sites excluding steroid dienone is 3. The molecule has 2 aliphatic rings. The monoisotopic (exact) mass is 455 g/mol. The summed E-state index contributed by atoms with van der Waals surface area (Å²) in [4.78, 5) is 30.6. The number of hydrogen-bond donors (Lipinski definition) is 0. The summed E-state index contributed by atoms with van der Waals surface area (Å²) in [5.41, 5.74) is 1.32. The number of rotatable bonds is 6. The smallest absolute Gasteiger partial charge is 0.316 e. The maximum atomic E-state index is 13.4. The van der Waals surface area contributed by atoms with Crippen LogP contribution in [0.4, 0.5) is 0 Å². The van der Waals surface area contributed by atoms with Gasteiger partial charge in [-0.25, -0.2) is 4.98 Å². The summed E-state index contributed by atoms with van der Waals surface area (Å²) in [6, 6.07) is 17.1. The van der Waals surface area contributed by atoms with Crippen LogP contribution in [-0.4, -0.2) is 30.5 Å². The predicted octanol–water partition coefficient (Wildman–Crippen LogP) is 5.07. The van der Waals surface area contributed by atoms with E-state index in [0.29, 0.717) is 29.9 Å². The van der Waals surface area contributed by atoms with Crippen molar-refractivity contribution in [3.8, 4) is 11.5 Å². The maximum absolute atomic E-state index is 13.4. The number of carbonyl (C=O) groups is 2. The summed E-state index contributed by atoms with van der Waals surface area (Å²) < 4.78 is 16.9. The topological polar surface area (TPSA) is 74.7 Å². The Kier molecular flexibility index (Phi) is 5.88. The van der Waals surface area contributed by atoms with Gasteiger partial charge < -0.3 is 14.2 Å². The molecule has 0 amide bonds. The lowest BCUT2D eigenvalue weighted by molar-refractivity contribution is -0.150. The summed E-state index contributed by atoms with van der Waals surface area (Å²) in [5.74, 6) is 0.242. The summed E-state index contributed by atoms with van der Waals surface area (Å²) >= 11 is 0. The van der Waals surface area contributed by atoms with Gasteiger partial charge in [-0.2, -0.15) is 0 Å². The standard InChI is InChI=1S/C28H25NO5/c1-32-27(31)28(13-5-2-6-14-28)16-20-17-34-25-12-11-22(15-23(25)26(20)30)33-18-21-10-9-19-7-3-4-8-24(19)29-21/h2-13,15,20H,14,16-18H2,1H3. The number of carbonyl (C=O) groups excluding carboxylic acids is 2. The van der Waals surface area contributed by atoms with E-state index in [2.05, 4.69) is 4.98 Å². The molecule has 0 N–H and O–H groups in total. The van der Waals surface area contributed by atoms with E-state index >= 15 is 0 Å². The van der Waals surface area contributed by atoms with Gasteiger partial charge in [0.1, 0.15) is 18.1 Å². The molecule has 0 saturated heterocycles. The molecule has 0 fully saturated rings. The van der Waals surface area contributed by atoms with Crippen LogP contribution in [0.5, 0.6) is 11.5 Å². The average Bonchev–Trinajstić information content (AvgIpc) is 2.89. The number of methoxy groups -OCH3 is 1. The van der Waals surface area contributed by atoms with Gasteiger partial charge in [0.15, 0.2) is 5.78 Å². The third-order valence-electron chi connectivity index (χ3n) is 6.42. The van der Waals surface area contributed by atoms with Crippen LogP contribution in [0, 0.1) is 11.3 Å². The van der Waals surface area contributed by atoms with Crippen LogP contribution < -0.4 is 9.47 Å². The van der Waals surface area contributed by atoms with E-state index in [0.717, 1.165) is 16.6 Å². The normalized spacial score (nSPS) is 21.1. The van der Waals surface area contributed by atoms with Crippen molar-refractivity contribution in [2.24, 2.45) is 11.3 Å². The molecule has 5 rings (SSSR count). The molecule has 6 nitrogen and oxygen atoms in total. The van der Waals surface area contributed by atoms with Gasteiger partial charge in [0, 0.05) is 5.39 Å². The predicted molar refractivity (Wildman–Crippen MR) is 128 cm³/mol. The molecule has 0 saturated carbocycles. The molecule has 0 radical (unpaired) electrons. The first-order valence-corrected chi connectivity index (χ1v) is 11.3. The maximum Gasteiger partial charge on any atom is 0.316 e. The third kappa shape index (κ3) is 4.19. The Morgan fingerprint density at radius 3 is 2.85 bits per heavy atom. The molecule has 2 aromatic carbocycles. The first-order chi connectivity index (χ1) is 16.6. The number of para-hydroxylation sites is 1. The molecule has 34 heavy (non-hydrogen) atoms. The first kappa shape index (κ1) is 21.9. The number of esters is 1. The summed E-state index contributed by atoms with van der Waals surface area (Å²) in [7, 11) is 1.37. The van der Waals surface area contributed by atoms with Crippen molar-refractivity contribution in [1.82, 2.24) is 4.98 Å². The van der Waals surface area contributed by atoms with Gasteiger partial charge in [0.2, 0.25) is 0 Å². The first-order valence-electron chi connectivity index (χ1n) is 11.3. The van der Waals surface area contributed by atoms with Crippen LogP contribution in [0.15, 0.2) is 78.9 Å². The molecule has 172 valence electrons. The highest BCUT2D eigenvalue weighted by Gasteiger charge is 2.42. The van der Waals surface area contributed by atoms with Crippen LogP contribution in [0.3, 0.4) is 0 Å². The van der Waals surface area contributed by atoms with Gasteiger partial charge >= 0.3 is 5.97 Å². The molecule has 1 aliphatic heterocycles. The Morgan fingerprint density at radius 1 is 1.15 bits per heavy atom. The van der Waals surface area contributed by atoms with Gasteiger partial charge in [0.25, 0.3) is 0 Å². The Balaban J connectivity index is 1.32. The van der Waals surface area contributed by atoms with Crippen molar-refractivity contribution in [3.63, 3.8) is 0 Å². The van der Waals surface area contributed by atoms with E-state index in [4.69, 9.17) is 14.2 Å². The minimum Gasteiger partial charge on any atom is -0.492 e. The lowest BCUT2D eigenvalue weighted by Crippen LogP contribution is -2.38. The van der Waals surface area contributed by atoms with Gasteiger partial charge in [-0.1, -0.05) is 48.6 Å². The van der Waals surface area contributed by atoms with Crippen LogP contribution in [0.2, 0.25) is 0 Å². The molecular formula is C28H25NO5. The number of benzene rings is 2. The summed E-state index contributed by atoms with van der Waals surface area (Å²) in [6.45, 7) is 0.508. The third-order valence-corrected chi connectivity index (χ3v) is 6.42. The summed E-state index contributed by atoms with van der Waals surface area (Å²) in [6.07, 6.45) is 8.29. The van der Waals surface area contributed by atoms with E-state index in [-0.39, 0.29) is 25.0 Å². The van der Waals surface area contributed by atoms with Crippen LogP contribution >= 0.6 is 0 Å². The number of Topliss-reactive ketones (excluding diaryl/α,β-unsaturated/α-hetero) is 1. The van der Waals surface area contributed by atoms with Gasteiger partial charge in [-0.3, -0.25) is 9.59 Å². The lowest BCUT2D eigenvalue weighted by atomic mass is 9.72. The number of fused-ring (bicyclic) bond motifs is 2. The van der Waals surface area contributed by atoms with Gasteiger partial charge in [-0.15, -0.1) is 0 Å². The molecular weight excluding hydrogens is 430 g/mol. The molecule has 0 bridgehead atoms. The fourth-order valence-electron chi connectivity index (χ4n) is 4.59. The van der Waals surface area contributed by atoms with Gasteiger partial charge in [-0.05, 0) is 43.2 Å². The highest BCUT2D eigenvalue weighted by molar-refractivity contribution is 6.02. The summed E-state index contributed by atoms with van der Waals surface area (Å²) in [5, 5.41) is 1.07. The van der Waals surface area contributed by atoms with Crippen LogP contribution in [0.1, 0.15) is 28.9 Å². The van der Waals surface area contributed by atoms with E-state index in [1.807, 2.05) is 60.7 Å². The average molecular weight is 456 g/mol. The molecule has 2 atom stereocenters. The fraction of sp³-hybridized carbons (Fsp3) is 0.250. The molecule has 2 heterocycles. The molecule has 3 aromatic rings. The van der Waals surface area contributed by atoms with E-state index in [9.17, 15) is 9.59 Å². The molecule has 0 spiro atoms. The van der Waals surface area contributed by atoms with E-state index in [1.54, 1.807) is 18.2 Å². The second-order valence-corrected chi connectivity index (χ2v) is 8.66. The fourth-order valence-corrected chi connectivity index (χ4v) is 4.59. The number of aromatic nitrogens is 1. The van der Waals surface area contributed by atoms with Crippen LogP contribution in [-0.2, 0) is 16.1 Å². The van der Waals surface area contributed by atoms with E-state index in [1.165, 1.54) is 7.11 Å². The minimum atomic E-state index is -0.861. The Hall–Kier alpha value is -3.93. The zero-order valence-corrected chi connectivity index (χ0v) is 18.9. The molecule has 1 aromatic heterocycles. The Morgan fingerprint density at radius 2 is 2.03 bits per heavy atom. The molecule has 1 aliphatic carbocycles. The Bertz CT molecular complexity index is 1310. The zero-order chi connectivity index (χ0) is 23.5. The van der Waals surface area contributed by atoms with Crippen molar-refractivity contribution in [1.29, 1.82) is 0 Å². The number of ketones is 1. The number of nitrogens with zero attached hydrogens (tertiary/aromatic N) is 1. The van der Waals surface area contributed by atoms with Crippen molar-refractivity contribution in [3.05, 3.63) is 90.2 Å². The molecule has 2 unspecified atom stereocenters. The van der Waals surface area contributed by atoms with Gasteiger partial charge in [0.05, 0.1) is 41.8 Å². The van der Waals surface area contributed by atoms with Crippen molar-refractivity contribution < 1.29 is 23.8 Å². The second-order valence-electron chi connectivity index (χ2n) is 8.66. The minimum absolute atomic E-state index is 0.0539. The highest BCUT2D eigenvalue weighted by Crippen LogP contribution is 2.40. The number of pyridine rings is 1. The number of hydrogen-bond acceptors (Lipinski definition) is 6.